The van der Waals surface area contributed by atoms with E-state index in [1.54, 1.807) is 6.92 Å². The Kier molecular flexibility index (Phi) is 4.24. The maximum absolute atomic E-state index is 13.1. The molecule has 0 aromatic heterocycles. The number of carbonyl (C=O) groups excluding carboxylic acids is 2. The lowest BCUT2D eigenvalue weighted by Crippen LogP contribution is -2.41. The summed E-state index contributed by atoms with van der Waals surface area (Å²) >= 11 is 0. The molecule has 0 aliphatic carbocycles. The number of fused-ring (bicyclic) bond motifs is 1. The summed E-state index contributed by atoms with van der Waals surface area (Å²) in [5.74, 6) is -0.235. The minimum absolute atomic E-state index is 0.235. The molecule has 3 aromatic rings. The first-order valence-electron chi connectivity index (χ1n) is 8.93. The van der Waals surface area contributed by atoms with Gasteiger partial charge in [0.2, 0.25) is 0 Å². The average Bonchev–Trinajstić information content (AvgIpc) is 2.92. The van der Waals surface area contributed by atoms with Gasteiger partial charge in [-0.25, -0.2) is 4.79 Å². The highest BCUT2D eigenvalue weighted by Crippen LogP contribution is 2.33. The number of urea groups is 1. The molecular weight excluding hydrogens is 336 g/mol. The molecule has 134 valence electrons. The molecule has 1 saturated heterocycles. The Bertz CT molecular complexity index is 1040. The Morgan fingerprint density at radius 1 is 0.926 bits per heavy atom. The number of rotatable bonds is 4. The van der Waals surface area contributed by atoms with Crippen LogP contribution in [0.1, 0.15) is 18.1 Å². The van der Waals surface area contributed by atoms with Gasteiger partial charge in [-0.15, -0.1) is 0 Å². The molecule has 0 radical (unpaired) electrons. The Balaban J connectivity index is 1.62. The van der Waals surface area contributed by atoms with Gasteiger partial charge in [0.25, 0.3) is 5.91 Å². The lowest BCUT2D eigenvalue weighted by molar-refractivity contribution is -0.130. The first-order chi connectivity index (χ1) is 13.1. The summed E-state index contributed by atoms with van der Waals surface area (Å²) in [7, 11) is 0. The molecule has 1 fully saturated rings. The van der Waals surface area contributed by atoms with Crippen LogP contribution in [-0.4, -0.2) is 23.4 Å². The van der Waals surface area contributed by atoms with Gasteiger partial charge >= 0.3 is 6.03 Å². The van der Waals surface area contributed by atoms with E-state index in [1.807, 2.05) is 84.9 Å². The van der Waals surface area contributed by atoms with Crippen molar-refractivity contribution >= 4 is 28.8 Å². The topological polar surface area (TPSA) is 49.4 Å². The van der Waals surface area contributed by atoms with Gasteiger partial charge < -0.3 is 5.32 Å². The third-order valence-corrected chi connectivity index (χ3v) is 5.00. The number of nitrogens with one attached hydrogen (secondary N) is 1. The smallest absolute Gasteiger partial charge is 0.319 e. The van der Waals surface area contributed by atoms with Gasteiger partial charge in [-0.05, 0) is 28.8 Å². The number of hydrogen-bond donors (Lipinski definition) is 1. The molecule has 1 aliphatic heterocycles. The van der Waals surface area contributed by atoms with Crippen molar-refractivity contribution in [1.82, 2.24) is 10.2 Å². The molecule has 3 aromatic carbocycles. The van der Waals surface area contributed by atoms with E-state index in [1.165, 1.54) is 4.90 Å². The van der Waals surface area contributed by atoms with Crippen LogP contribution in [0.25, 0.3) is 16.8 Å². The van der Waals surface area contributed by atoms with Crippen molar-refractivity contribution in [1.29, 1.82) is 0 Å². The van der Waals surface area contributed by atoms with Crippen molar-refractivity contribution < 1.29 is 9.59 Å². The molecule has 0 saturated carbocycles. The molecule has 1 N–H and O–H groups in total. The molecule has 1 heterocycles. The summed E-state index contributed by atoms with van der Waals surface area (Å²) in [5.41, 5.74) is 0.772. The van der Waals surface area contributed by atoms with Crippen molar-refractivity contribution in [2.45, 2.75) is 12.5 Å². The number of imide groups is 1. The van der Waals surface area contributed by atoms with Crippen LogP contribution in [0.15, 0.2) is 78.9 Å². The Morgan fingerprint density at radius 3 is 2.44 bits per heavy atom. The fourth-order valence-electron chi connectivity index (χ4n) is 3.57. The molecule has 27 heavy (non-hydrogen) atoms. The number of nitrogens with zero attached hydrogens (tertiary/aromatic N) is 1. The van der Waals surface area contributed by atoms with Gasteiger partial charge in [0, 0.05) is 6.54 Å². The third kappa shape index (κ3) is 2.99. The fraction of sp³-hybridized carbons (Fsp3) is 0.130. The zero-order valence-corrected chi connectivity index (χ0v) is 15.1. The lowest BCUT2D eigenvalue weighted by atomic mass is 9.88. The monoisotopic (exact) mass is 356 g/mol. The SMILES string of the molecule is C[C@@]1(c2cccc3ccccc23)NC(=O)N(C/C=C/c2ccccc2)C1=O. The van der Waals surface area contributed by atoms with Crippen molar-refractivity contribution in [3.05, 3.63) is 90.0 Å². The molecule has 4 rings (SSSR count). The quantitative estimate of drug-likeness (QED) is 0.708. The van der Waals surface area contributed by atoms with Crippen LogP contribution in [-0.2, 0) is 10.3 Å². The summed E-state index contributed by atoms with van der Waals surface area (Å²) in [6.07, 6.45) is 3.75. The first-order valence-corrected chi connectivity index (χ1v) is 8.93. The van der Waals surface area contributed by atoms with Gasteiger partial charge in [0.15, 0.2) is 0 Å². The van der Waals surface area contributed by atoms with Crippen LogP contribution < -0.4 is 5.32 Å². The van der Waals surface area contributed by atoms with E-state index >= 15 is 0 Å². The number of benzene rings is 3. The molecule has 3 amide bonds. The van der Waals surface area contributed by atoms with Gasteiger partial charge in [-0.3, -0.25) is 9.69 Å². The summed E-state index contributed by atoms with van der Waals surface area (Å²) in [6, 6.07) is 23.1. The van der Waals surface area contributed by atoms with Crippen LogP contribution in [0.2, 0.25) is 0 Å². The summed E-state index contributed by atoms with van der Waals surface area (Å²) < 4.78 is 0. The van der Waals surface area contributed by atoms with Crippen LogP contribution >= 0.6 is 0 Å². The molecule has 1 aliphatic rings. The van der Waals surface area contributed by atoms with E-state index in [-0.39, 0.29) is 18.5 Å². The molecular formula is C23H20N2O2. The molecule has 0 bridgehead atoms. The Labute approximate surface area is 158 Å². The molecule has 0 spiro atoms. The number of carbonyl (C=O) groups is 2. The van der Waals surface area contributed by atoms with E-state index in [4.69, 9.17) is 0 Å². The van der Waals surface area contributed by atoms with Gasteiger partial charge in [0.1, 0.15) is 5.54 Å². The minimum Gasteiger partial charge on any atom is -0.319 e. The highest BCUT2D eigenvalue weighted by atomic mass is 16.2. The zero-order chi connectivity index (χ0) is 18.9. The lowest BCUT2D eigenvalue weighted by Gasteiger charge is -2.23. The number of hydrogen-bond acceptors (Lipinski definition) is 2. The Morgan fingerprint density at radius 2 is 1.63 bits per heavy atom. The van der Waals surface area contributed by atoms with Crippen molar-refractivity contribution in [3.8, 4) is 0 Å². The van der Waals surface area contributed by atoms with Gasteiger partial charge in [0.05, 0.1) is 0 Å². The summed E-state index contributed by atoms with van der Waals surface area (Å²) in [6.45, 7) is 2.01. The second-order valence-corrected chi connectivity index (χ2v) is 6.81. The highest BCUT2D eigenvalue weighted by Gasteiger charge is 2.49. The third-order valence-electron chi connectivity index (χ3n) is 5.00. The van der Waals surface area contributed by atoms with Crippen LogP contribution in [0.4, 0.5) is 4.79 Å². The van der Waals surface area contributed by atoms with E-state index < -0.39 is 5.54 Å². The van der Waals surface area contributed by atoms with Crippen molar-refractivity contribution in [2.75, 3.05) is 6.54 Å². The predicted octanol–water partition coefficient (Wildman–Crippen LogP) is 4.32. The molecule has 1 atom stereocenters. The maximum atomic E-state index is 13.1. The first kappa shape index (κ1) is 17.0. The summed E-state index contributed by atoms with van der Waals surface area (Å²) in [5, 5.41) is 4.90. The predicted molar refractivity (Wildman–Crippen MR) is 107 cm³/mol. The molecule has 0 unspecified atom stereocenters. The van der Waals surface area contributed by atoms with E-state index in [0.29, 0.717) is 0 Å². The van der Waals surface area contributed by atoms with Gasteiger partial charge in [-0.2, -0.15) is 0 Å². The van der Waals surface area contributed by atoms with E-state index in [2.05, 4.69) is 5.32 Å². The summed E-state index contributed by atoms with van der Waals surface area (Å²) in [4.78, 5) is 26.9. The second kappa shape index (κ2) is 6.72. The normalized spacial score (nSPS) is 19.8. The van der Waals surface area contributed by atoms with Gasteiger partial charge in [-0.1, -0.05) is 84.9 Å². The second-order valence-electron chi connectivity index (χ2n) is 6.81. The molecule has 4 heteroatoms. The van der Waals surface area contributed by atoms with E-state index in [9.17, 15) is 9.59 Å². The minimum atomic E-state index is -1.07. The standard InChI is InChI=1S/C23H20N2O2/c1-23(20-15-7-13-18-12-5-6-14-19(18)20)21(26)25(22(27)24-23)16-8-11-17-9-3-2-4-10-17/h2-15H,16H2,1H3,(H,24,27)/b11-8+/t23-/m0/s1. The fourth-order valence-corrected chi connectivity index (χ4v) is 3.57. The van der Waals surface area contributed by atoms with Crippen LogP contribution in [0.5, 0.6) is 0 Å². The van der Waals surface area contributed by atoms with Crippen molar-refractivity contribution in [2.24, 2.45) is 0 Å². The Hall–Kier alpha value is -3.40. The zero-order valence-electron chi connectivity index (χ0n) is 15.1. The number of amides is 3. The van der Waals surface area contributed by atoms with Crippen LogP contribution in [0, 0.1) is 0 Å². The van der Waals surface area contributed by atoms with Crippen molar-refractivity contribution in [3.63, 3.8) is 0 Å². The van der Waals surface area contributed by atoms with E-state index in [0.717, 1.165) is 21.9 Å². The maximum Gasteiger partial charge on any atom is 0.325 e. The average molecular weight is 356 g/mol. The van der Waals surface area contributed by atoms with Crippen LogP contribution in [0.3, 0.4) is 0 Å². The molecule has 4 nitrogen and oxygen atoms in total. The highest BCUT2D eigenvalue weighted by molar-refractivity contribution is 6.09. The largest absolute Gasteiger partial charge is 0.325 e.